The summed E-state index contributed by atoms with van der Waals surface area (Å²) in [6.07, 6.45) is 5.35. The first-order valence-corrected chi connectivity index (χ1v) is 10.6. The van der Waals surface area contributed by atoms with Gasteiger partial charge in [0.15, 0.2) is 5.58 Å². The number of aromatic nitrogens is 1. The highest BCUT2D eigenvalue weighted by molar-refractivity contribution is 6.02. The lowest BCUT2D eigenvalue weighted by Gasteiger charge is -2.10. The van der Waals surface area contributed by atoms with Gasteiger partial charge in [0.05, 0.1) is 0 Å². The highest BCUT2D eigenvalue weighted by Gasteiger charge is 2.18. The molecule has 0 aliphatic carbocycles. The van der Waals surface area contributed by atoms with Gasteiger partial charge in [-0.25, -0.2) is 4.39 Å². The molecule has 7 heteroatoms. The van der Waals surface area contributed by atoms with Crippen LogP contribution in [0.1, 0.15) is 32.3 Å². The van der Waals surface area contributed by atoms with Gasteiger partial charge in [-0.2, -0.15) is 4.98 Å². The standard InChI is InChI=1S/C20H18FN3O2.C2H7N.C2H6/c21-15-6-3-14(4-7-15)5-10-19(25)22-16-8-9-18-17(13-16)23-20(26-18)24-11-1-2-12-24;1-3-2;1-2/h3-10,13H,1-2,11-12H2,(H,22,25);3H,1-2H3;1-2H3/b10-5+;;. The molecule has 1 amide bonds. The Kier molecular flexibility index (Phi) is 9.71. The molecule has 1 fully saturated rings. The van der Waals surface area contributed by atoms with Crippen molar-refractivity contribution in [2.45, 2.75) is 26.7 Å². The van der Waals surface area contributed by atoms with Crippen LogP contribution in [0.3, 0.4) is 0 Å². The zero-order valence-corrected chi connectivity index (χ0v) is 18.6. The van der Waals surface area contributed by atoms with E-state index in [0.717, 1.165) is 31.5 Å². The summed E-state index contributed by atoms with van der Waals surface area (Å²) in [7, 11) is 3.75. The SMILES string of the molecule is CC.CNC.O=C(/C=C/c1ccc(F)cc1)Nc1ccc2oc(N3CCCC3)nc2c1. The van der Waals surface area contributed by atoms with Gasteiger partial charge in [0, 0.05) is 24.9 Å². The number of carbonyl (C=O) groups excluding carboxylic acids is 1. The third kappa shape index (κ3) is 7.22. The average Bonchev–Trinajstić information content (AvgIpc) is 3.45. The van der Waals surface area contributed by atoms with Crippen molar-refractivity contribution in [2.24, 2.45) is 0 Å². The number of halogens is 1. The Hall–Kier alpha value is -3.19. The summed E-state index contributed by atoms with van der Waals surface area (Å²) < 4.78 is 18.7. The predicted molar refractivity (Wildman–Crippen MR) is 126 cm³/mol. The molecule has 0 unspecified atom stereocenters. The van der Waals surface area contributed by atoms with Crippen LogP contribution in [-0.4, -0.2) is 38.1 Å². The fourth-order valence-electron chi connectivity index (χ4n) is 2.97. The van der Waals surface area contributed by atoms with E-state index in [2.05, 4.69) is 20.5 Å². The second kappa shape index (κ2) is 12.5. The number of anilines is 2. The number of nitrogens with one attached hydrogen (secondary N) is 2. The van der Waals surface area contributed by atoms with E-state index >= 15 is 0 Å². The highest BCUT2D eigenvalue weighted by Crippen LogP contribution is 2.26. The quantitative estimate of drug-likeness (QED) is 0.569. The van der Waals surface area contributed by atoms with Gasteiger partial charge >= 0.3 is 0 Å². The van der Waals surface area contributed by atoms with Crippen LogP contribution >= 0.6 is 0 Å². The molecule has 0 bridgehead atoms. The number of amides is 1. The van der Waals surface area contributed by atoms with Gasteiger partial charge < -0.3 is 20.0 Å². The van der Waals surface area contributed by atoms with Crippen molar-refractivity contribution in [1.29, 1.82) is 0 Å². The molecule has 1 aliphatic heterocycles. The number of carbonyl (C=O) groups is 1. The molecule has 3 aromatic rings. The molecule has 0 atom stereocenters. The lowest BCUT2D eigenvalue weighted by molar-refractivity contribution is -0.111. The van der Waals surface area contributed by atoms with Crippen LogP contribution in [-0.2, 0) is 4.79 Å². The van der Waals surface area contributed by atoms with Gasteiger partial charge in [0.2, 0.25) is 5.91 Å². The Bertz CT molecular complexity index is 977. The smallest absolute Gasteiger partial charge is 0.298 e. The van der Waals surface area contributed by atoms with Crippen molar-refractivity contribution in [2.75, 3.05) is 37.4 Å². The minimum absolute atomic E-state index is 0.267. The van der Waals surface area contributed by atoms with Crippen LogP contribution in [0.25, 0.3) is 17.2 Å². The molecule has 2 heterocycles. The minimum atomic E-state index is -0.305. The lowest BCUT2D eigenvalue weighted by atomic mass is 10.2. The van der Waals surface area contributed by atoms with Crippen molar-refractivity contribution in [3.8, 4) is 0 Å². The number of fused-ring (bicyclic) bond motifs is 1. The molecule has 166 valence electrons. The predicted octanol–water partition coefficient (Wildman–Crippen LogP) is 5.08. The zero-order chi connectivity index (χ0) is 22.6. The highest BCUT2D eigenvalue weighted by atomic mass is 19.1. The largest absolute Gasteiger partial charge is 0.423 e. The summed E-state index contributed by atoms with van der Waals surface area (Å²) in [6, 6.07) is 12.0. The Morgan fingerprint density at radius 3 is 2.39 bits per heavy atom. The minimum Gasteiger partial charge on any atom is -0.423 e. The monoisotopic (exact) mass is 426 g/mol. The molecule has 2 aromatic carbocycles. The van der Waals surface area contributed by atoms with E-state index in [9.17, 15) is 9.18 Å². The van der Waals surface area contributed by atoms with E-state index < -0.39 is 0 Å². The third-order valence-electron chi connectivity index (χ3n) is 4.32. The zero-order valence-electron chi connectivity index (χ0n) is 18.6. The van der Waals surface area contributed by atoms with Gasteiger partial charge in [-0.3, -0.25) is 4.79 Å². The first kappa shape index (κ1) is 24.1. The van der Waals surface area contributed by atoms with Crippen molar-refractivity contribution >= 4 is 34.8 Å². The van der Waals surface area contributed by atoms with Crippen LogP contribution in [0.4, 0.5) is 16.1 Å². The fraction of sp³-hybridized carbons (Fsp3) is 0.333. The molecular formula is C24H31FN4O2. The third-order valence-corrected chi connectivity index (χ3v) is 4.32. The molecule has 2 N–H and O–H groups in total. The number of hydrogen-bond donors (Lipinski definition) is 2. The maximum Gasteiger partial charge on any atom is 0.298 e. The van der Waals surface area contributed by atoms with E-state index in [1.807, 2.05) is 27.9 Å². The molecule has 1 aromatic heterocycles. The Labute approximate surface area is 183 Å². The summed E-state index contributed by atoms with van der Waals surface area (Å²) in [5.74, 6) is -0.572. The number of rotatable bonds is 4. The van der Waals surface area contributed by atoms with E-state index in [-0.39, 0.29) is 11.7 Å². The molecule has 1 saturated heterocycles. The molecule has 31 heavy (non-hydrogen) atoms. The van der Waals surface area contributed by atoms with Crippen molar-refractivity contribution in [3.05, 3.63) is 59.9 Å². The van der Waals surface area contributed by atoms with Crippen LogP contribution in [0.15, 0.2) is 53.0 Å². The van der Waals surface area contributed by atoms with E-state index in [0.29, 0.717) is 22.8 Å². The van der Waals surface area contributed by atoms with Crippen molar-refractivity contribution in [3.63, 3.8) is 0 Å². The van der Waals surface area contributed by atoms with E-state index in [1.54, 1.807) is 36.4 Å². The lowest BCUT2D eigenvalue weighted by Crippen LogP contribution is -2.17. The van der Waals surface area contributed by atoms with Gasteiger partial charge in [-0.15, -0.1) is 0 Å². The summed E-state index contributed by atoms with van der Waals surface area (Å²) >= 11 is 0. The topological polar surface area (TPSA) is 70.4 Å². The summed E-state index contributed by atoms with van der Waals surface area (Å²) in [4.78, 5) is 18.7. The first-order chi connectivity index (χ1) is 15.1. The van der Waals surface area contributed by atoms with Crippen LogP contribution in [0, 0.1) is 5.82 Å². The van der Waals surface area contributed by atoms with Crippen LogP contribution in [0.2, 0.25) is 0 Å². The molecular weight excluding hydrogens is 395 g/mol. The van der Waals surface area contributed by atoms with E-state index in [1.165, 1.54) is 18.2 Å². The van der Waals surface area contributed by atoms with Crippen molar-refractivity contribution < 1.29 is 13.6 Å². The maximum atomic E-state index is 12.9. The first-order valence-electron chi connectivity index (χ1n) is 10.6. The second-order valence-electron chi connectivity index (χ2n) is 6.75. The molecule has 1 aliphatic rings. The molecule has 4 rings (SSSR count). The Morgan fingerprint density at radius 2 is 1.74 bits per heavy atom. The van der Waals surface area contributed by atoms with Gasteiger partial charge in [-0.05, 0) is 68.9 Å². The summed E-state index contributed by atoms with van der Waals surface area (Å²) in [6.45, 7) is 5.93. The maximum absolute atomic E-state index is 12.9. The van der Waals surface area contributed by atoms with Crippen LogP contribution in [0.5, 0.6) is 0 Å². The number of hydrogen-bond acceptors (Lipinski definition) is 5. The van der Waals surface area contributed by atoms with Crippen molar-refractivity contribution in [1.82, 2.24) is 10.3 Å². The molecule has 0 radical (unpaired) electrons. The molecule has 0 saturated carbocycles. The average molecular weight is 427 g/mol. The van der Waals surface area contributed by atoms with Crippen LogP contribution < -0.4 is 15.5 Å². The fourth-order valence-corrected chi connectivity index (χ4v) is 2.97. The summed E-state index contributed by atoms with van der Waals surface area (Å²) in [5.41, 5.74) is 2.82. The molecule has 6 nitrogen and oxygen atoms in total. The summed E-state index contributed by atoms with van der Waals surface area (Å²) in [5, 5.41) is 5.55. The van der Waals surface area contributed by atoms with E-state index in [4.69, 9.17) is 4.42 Å². The molecule has 0 spiro atoms. The van der Waals surface area contributed by atoms with Gasteiger partial charge in [0.25, 0.3) is 6.01 Å². The second-order valence-corrected chi connectivity index (χ2v) is 6.75. The van der Waals surface area contributed by atoms with Gasteiger partial charge in [0.1, 0.15) is 11.3 Å². The normalized spacial score (nSPS) is 12.9. The van der Waals surface area contributed by atoms with Gasteiger partial charge in [-0.1, -0.05) is 26.0 Å². The Balaban J connectivity index is 0.000000630. The number of nitrogens with zero attached hydrogens (tertiary/aromatic N) is 2. The number of oxazole rings is 1. The Morgan fingerprint density at radius 1 is 1.10 bits per heavy atom. The number of benzene rings is 2.